The summed E-state index contributed by atoms with van der Waals surface area (Å²) < 4.78 is 0.802. The van der Waals surface area contributed by atoms with E-state index in [2.05, 4.69) is 21.2 Å². The van der Waals surface area contributed by atoms with Gasteiger partial charge in [0.25, 0.3) is 5.91 Å². The molecule has 2 rings (SSSR count). The molecule has 0 saturated carbocycles. The molecular weight excluding hydrogens is 234 g/mol. The van der Waals surface area contributed by atoms with E-state index in [1.165, 1.54) is 0 Å². The average Bonchev–Trinajstić information content (AvgIpc) is 2.35. The molecule has 0 radical (unpaired) electrons. The van der Waals surface area contributed by atoms with E-state index in [-0.39, 0.29) is 5.91 Å². The predicted molar refractivity (Wildman–Crippen MR) is 51.3 cm³/mol. The second-order valence-electron chi connectivity index (χ2n) is 3.03. The van der Waals surface area contributed by atoms with Gasteiger partial charge in [-0.25, -0.2) is 0 Å². The third kappa shape index (κ3) is 1.17. The van der Waals surface area contributed by atoms with Gasteiger partial charge in [0.15, 0.2) is 6.23 Å². The van der Waals surface area contributed by atoms with Crippen LogP contribution in [0.1, 0.15) is 27.7 Å². The fraction of sp³-hybridized carbons (Fsp3) is 0.222. The van der Waals surface area contributed by atoms with Crippen LogP contribution in [0, 0.1) is 6.92 Å². The van der Waals surface area contributed by atoms with Crippen molar-refractivity contribution in [2.75, 3.05) is 0 Å². The maximum atomic E-state index is 11.2. The summed E-state index contributed by atoms with van der Waals surface area (Å²) in [5.41, 5.74) is 2.20. The largest absolute Gasteiger partial charge is 0.369 e. The van der Waals surface area contributed by atoms with Crippen molar-refractivity contribution in [3.05, 3.63) is 33.3 Å². The van der Waals surface area contributed by atoms with Crippen molar-refractivity contribution >= 4 is 21.8 Å². The first-order chi connectivity index (χ1) is 6.11. The number of nitrogens with one attached hydrogen (secondary N) is 1. The number of fused-ring (bicyclic) bond motifs is 1. The van der Waals surface area contributed by atoms with E-state index in [9.17, 15) is 9.90 Å². The maximum absolute atomic E-state index is 11.2. The zero-order valence-corrected chi connectivity index (χ0v) is 8.55. The van der Waals surface area contributed by atoms with Crippen LogP contribution in [0.25, 0.3) is 0 Å². The van der Waals surface area contributed by atoms with Crippen molar-refractivity contribution in [3.8, 4) is 0 Å². The summed E-state index contributed by atoms with van der Waals surface area (Å²) in [5, 5.41) is 11.9. The van der Waals surface area contributed by atoms with Crippen LogP contribution in [-0.2, 0) is 0 Å². The van der Waals surface area contributed by atoms with Gasteiger partial charge in [0, 0.05) is 15.6 Å². The number of halogens is 1. The van der Waals surface area contributed by atoms with E-state index in [0.29, 0.717) is 11.1 Å². The molecule has 1 heterocycles. The number of benzene rings is 1. The molecule has 1 aliphatic rings. The molecule has 0 spiro atoms. The lowest BCUT2D eigenvalue weighted by molar-refractivity contribution is 0.0850. The third-order valence-electron chi connectivity index (χ3n) is 2.16. The van der Waals surface area contributed by atoms with Crippen LogP contribution in [0.15, 0.2) is 16.6 Å². The molecule has 0 saturated heterocycles. The Bertz CT molecular complexity index is 389. The summed E-state index contributed by atoms with van der Waals surface area (Å²) in [7, 11) is 0. The van der Waals surface area contributed by atoms with Gasteiger partial charge in [0.2, 0.25) is 0 Å². The normalized spacial score (nSPS) is 19.9. The van der Waals surface area contributed by atoms with Gasteiger partial charge in [-0.15, -0.1) is 0 Å². The first kappa shape index (κ1) is 8.72. The quantitative estimate of drug-likeness (QED) is 0.724. The average molecular weight is 242 g/mol. The summed E-state index contributed by atoms with van der Waals surface area (Å²) in [6.07, 6.45) is -0.878. The monoisotopic (exact) mass is 241 g/mol. The molecule has 1 aliphatic heterocycles. The fourth-order valence-corrected chi connectivity index (χ4v) is 2.00. The van der Waals surface area contributed by atoms with Crippen LogP contribution in [0.3, 0.4) is 0 Å². The summed E-state index contributed by atoms with van der Waals surface area (Å²) in [6, 6.07) is 3.57. The van der Waals surface area contributed by atoms with Gasteiger partial charge in [0.05, 0.1) is 0 Å². The van der Waals surface area contributed by atoms with Crippen molar-refractivity contribution in [1.29, 1.82) is 0 Å². The van der Waals surface area contributed by atoms with Crippen LogP contribution >= 0.6 is 15.9 Å². The molecule has 1 aromatic rings. The standard InChI is InChI=1S/C9H8BrNO2/c1-4-2-3-5-6(7(4)10)9(13)11-8(5)12/h2-3,9,13H,1H3,(H,11,12). The number of carbonyl (C=O) groups excluding carboxylic acids is 1. The first-order valence-corrected chi connectivity index (χ1v) is 4.68. The molecule has 0 fully saturated rings. The van der Waals surface area contributed by atoms with Crippen molar-refractivity contribution in [2.24, 2.45) is 0 Å². The van der Waals surface area contributed by atoms with Gasteiger partial charge in [-0.3, -0.25) is 4.79 Å². The Balaban J connectivity index is 2.70. The lowest BCUT2D eigenvalue weighted by Gasteiger charge is -2.06. The van der Waals surface area contributed by atoms with E-state index in [0.717, 1.165) is 10.0 Å². The summed E-state index contributed by atoms with van der Waals surface area (Å²) in [6.45, 7) is 1.92. The maximum Gasteiger partial charge on any atom is 0.254 e. The van der Waals surface area contributed by atoms with Gasteiger partial charge in [-0.2, -0.15) is 0 Å². The Morgan fingerprint density at radius 2 is 2.23 bits per heavy atom. The lowest BCUT2D eigenvalue weighted by atomic mass is 10.1. The highest BCUT2D eigenvalue weighted by atomic mass is 79.9. The molecule has 0 bridgehead atoms. The molecule has 68 valence electrons. The van der Waals surface area contributed by atoms with Crippen molar-refractivity contribution < 1.29 is 9.90 Å². The Morgan fingerprint density at radius 3 is 2.92 bits per heavy atom. The number of carbonyl (C=O) groups is 1. The van der Waals surface area contributed by atoms with E-state index in [1.54, 1.807) is 6.07 Å². The number of aliphatic hydroxyl groups excluding tert-OH is 1. The van der Waals surface area contributed by atoms with Crippen molar-refractivity contribution in [1.82, 2.24) is 5.32 Å². The minimum absolute atomic E-state index is 0.219. The Kier molecular flexibility index (Phi) is 1.89. The van der Waals surface area contributed by atoms with Gasteiger partial charge in [-0.05, 0) is 18.6 Å². The summed E-state index contributed by atoms with van der Waals surface area (Å²) in [4.78, 5) is 11.2. The summed E-state index contributed by atoms with van der Waals surface area (Å²) >= 11 is 3.35. The zero-order valence-electron chi connectivity index (χ0n) is 6.97. The lowest BCUT2D eigenvalue weighted by Crippen LogP contribution is -2.18. The fourth-order valence-electron chi connectivity index (χ4n) is 1.44. The first-order valence-electron chi connectivity index (χ1n) is 3.89. The van der Waals surface area contributed by atoms with Crippen LogP contribution in [0.5, 0.6) is 0 Å². The highest BCUT2D eigenvalue weighted by molar-refractivity contribution is 9.10. The Hall–Kier alpha value is -0.870. The molecule has 0 aromatic heterocycles. The predicted octanol–water partition coefficient (Wildman–Crippen LogP) is 1.49. The second kappa shape index (κ2) is 2.82. The molecule has 2 N–H and O–H groups in total. The SMILES string of the molecule is Cc1ccc2c(c1Br)C(O)NC2=O. The smallest absolute Gasteiger partial charge is 0.254 e. The number of amides is 1. The number of hydrogen-bond acceptors (Lipinski definition) is 2. The van der Waals surface area contributed by atoms with Crippen LogP contribution in [0.4, 0.5) is 0 Å². The van der Waals surface area contributed by atoms with E-state index in [4.69, 9.17) is 0 Å². The van der Waals surface area contributed by atoms with E-state index in [1.807, 2.05) is 13.0 Å². The number of aliphatic hydroxyl groups is 1. The molecule has 4 heteroatoms. The molecule has 13 heavy (non-hydrogen) atoms. The van der Waals surface area contributed by atoms with Crippen LogP contribution < -0.4 is 5.32 Å². The van der Waals surface area contributed by atoms with Crippen molar-refractivity contribution in [3.63, 3.8) is 0 Å². The molecule has 0 aliphatic carbocycles. The number of rotatable bonds is 0. The second-order valence-corrected chi connectivity index (χ2v) is 3.83. The van der Waals surface area contributed by atoms with E-state index < -0.39 is 6.23 Å². The van der Waals surface area contributed by atoms with Gasteiger partial charge in [-0.1, -0.05) is 22.0 Å². The topological polar surface area (TPSA) is 49.3 Å². The van der Waals surface area contributed by atoms with Gasteiger partial charge in [0.1, 0.15) is 0 Å². The highest BCUT2D eigenvalue weighted by Crippen LogP contribution is 2.32. The van der Waals surface area contributed by atoms with E-state index >= 15 is 0 Å². The third-order valence-corrected chi connectivity index (χ3v) is 3.21. The van der Waals surface area contributed by atoms with Gasteiger partial charge < -0.3 is 10.4 Å². The minimum Gasteiger partial charge on any atom is -0.369 e. The van der Waals surface area contributed by atoms with Crippen LogP contribution in [0.2, 0.25) is 0 Å². The molecule has 1 amide bonds. The highest BCUT2D eigenvalue weighted by Gasteiger charge is 2.29. The Morgan fingerprint density at radius 1 is 1.54 bits per heavy atom. The van der Waals surface area contributed by atoms with Gasteiger partial charge >= 0.3 is 0 Å². The number of aryl methyl sites for hydroxylation is 1. The van der Waals surface area contributed by atoms with Crippen molar-refractivity contribution in [2.45, 2.75) is 13.2 Å². The summed E-state index contributed by atoms with van der Waals surface area (Å²) in [5.74, 6) is -0.219. The molecule has 3 nitrogen and oxygen atoms in total. The van der Waals surface area contributed by atoms with Crippen LogP contribution in [-0.4, -0.2) is 11.0 Å². The molecule has 1 unspecified atom stereocenters. The minimum atomic E-state index is -0.878. The number of hydrogen-bond donors (Lipinski definition) is 2. The Labute approximate surface area is 83.9 Å². The molecular formula is C9H8BrNO2. The molecule has 1 atom stereocenters. The molecule has 1 aromatic carbocycles. The zero-order chi connectivity index (χ0) is 9.59.